The van der Waals surface area contributed by atoms with E-state index in [1.54, 1.807) is 45.9 Å². The van der Waals surface area contributed by atoms with E-state index in [2.05, 4.69) is 5.32 Å². The van der Waals surface area contributed by atoms with E-state index in [4.69, 9.17) is 9.47 Å². The van der Waals surface area contributed by atoms with Gasteiger partial charge in [0.15, 0.2) is 5.41 Å². The molecule has 160 valence electrons. The highest BCUT2D eigenvalue weighted by Gasteiger charge is 2.58. The second-order valence-electron chi connectivity index (χ2n) is 8.16. The van der Waals surface area contributed by atoms with Crippen LogP contribution in [0.25, 0.3) is 0 Å². The van der Waals surface area contributed by atoms with Crippen LogP contribution in [0.4, 0.5) is 4.79 Å². The summed E-state index contributed by atoms with van der Waals surface area (Å²) in [6.07, 6.45) is -0.622. The predicted octanol–water partition coefficient (Wildman–Crippen LogP) is 2.80. The molecule has 3 N–H and O–H groups in total. The van der Waals surface area contributed by atoms with Gasteiger partial charge in [0.25, 0.3) is 0 Å². The number of carbonyl (C=O) groups is 3. The Bertz CT molecular complexity index is 755. The van der Waals surface area contributed by atoms with Gasteiger partial charge in [0, 0.05) is 25.2 Å². The first kappa shape index (κ1) is 22.7. The quantitative estimate of drug-likeness (QED) is 0.447. The maximum atomic E-state index is 12.4. The van der Waals surface area contributed by atoms with Crippen LogP contribution >= 0.6 is 0 Å². The molecule has 0 aromatic heterocycles. The Kier molecular flexibility index (Phi) is 6.89. The fraction of sp³-hybridized carbons (Fsp3) is 0.571. The minimum atomic E-state index is -2.15. The highest BCUT2D eigenvalue weighted by atomic mass is 16.6. The summed E-state index contributed by atoms with van der Waals surface area (Å²) < 4.78 is 10.6. The molecule has 29 heavy (non-hydrogen) atoms. The zero-order chi connectivity index (χ0) is 21.8. The van der Waals surface area contributed by atoms with Crippen LogP contribution in [0.1, 0.15) is 51.2 Å². The second-order valence-corrected chi connectivity index (χ2v) is 8.16. The van der Waals surface area contributed by atoms with Crippen molar-refractivity contribution in [3.05, 3.63) is 35.4 Å². The minimum absolute atomic E-state index is 0.0209. The number of rotatable bonds is 8. The van der Waals surface area contributed by atoms with E-state index in [0.717, 1.165) is 5.56 Å². The lowest BCUT2D eigenvalue weighted by Crippen LogP contribution is -2.52. The molecule has 1 aromatic carbocycles. The molecule has 2 rings (SSSR count). The molecule has 0 unspecified atom stereocenters. The Hall–Kier alpha value is -2.61. The van der Waals surface area contributed by atoms with Gasteiger partial charge < -0.3 is 25.0 Å². The number of carboxylic acid groups (broad SMARTS) is 2. The number of hydrogen-bond acceptors (Lipinski definition) is 5. The first-order valence-corrected chi connectivity index (χ1v) is 9.64. The maximum Gasteiger partial charge on any atom is 0.407 e. The van der Waals surface area contributed by atoms with Gasteiger partial charge in [-0.3, -0.25) is 9.59 Å². The van der Waals surface area contributed by atoms with Crippen molar-refractivity contribution in [1.29, 1.82) is 0 Å². The van der Waals surface area contributed by atoms with Crippen molar-refractivity contribution in [1.82, 2.24) is 5.32 Å². The fourth-order valence-corrected chi connectivity index (χ4v) is 3.90. The summed E-state index contributed by atoms with van der Waals surface area (Å²) in [4.78, 5) is 37.1. The molecule has 0 fully saturated rings. The first-order valence-electron chi connectivity index (χ1n) is 9.64. The van der Waals surface area contributed by atoms with Gasteiger partial charge in [-0.2, -0.15) is 0 Å². The number of carboxylic acids is 2. The monoisotopic (exact) mass is 407 g/mol. The Balaban J connectivity index is 2.48. The molecule has 1 amide bonds. The molecule has 1 aliphatic rings. The second kappa shape index (κ2) is 8.82. The average molecular weight is 407 g/mol. The topological polar surface area (TPSA) is 122 Å². The Labute approximate surface area is 170 Å². The van der Waals surface area contributed by atoms with Crippen molar-refractivity contribution < 1.29 is 34.1 Å². The summed E-state index contributed by atoms with van der Waals surface area (Å²) in [6, 6.07) is 6.33. The van der Waals surface area contributed by atoms with Crippen LogP contribution in [-0.4, -0.2) is 53.1 Å². The van der Waals surface area contributed by atoms with E-state index in [-0.39, 0.29) is 13.0 Å². The third-order valence-electron chi connectivity index (χ3n) is 5.07. The molecule has 2 atom stereocenters. The van der Waals surface area contributed by atoms with Gasteiger partial charge >= 0.3 is 18.0 Å². The van der Waals surface area contributed by atoms with Crippen molar-refractivity contribution in [2.24, 2.45) is 5.41 Å². The van der Waals surface area contributed by atoms with Crippen molar-refractivity contribution in [3.63, 3.8) is 0 Å². The number of aliphatic carboxylic acids is 2. The molecule has 0 saturated carbocycles. The summed E-state index contributed by atoms with van der Waals surface area (Å²) in [5, 5.41) is 22.8. The summed E-state index contributed by atoms with van der Waals surface area (Å²) in [7, 11) is 0. The van der Waals surface area contributed by atoms with Crippen LogP contribution in [0.15, 0.2) is 24.3 Å². The van der Waals surface area contributed by atoms with Crippen LogP contribution in [0.3, 0.4) is 0 Å². The molecular formula is C21H29NO7. The number of hydrogen-bond donors (Lipinski definition) is 3. The maximum absolute atomic E-state index is 12.4. The number of benzene rings is 1. The van der Waals surface area contributed by atoms with Gasteiger partial charge in [0.05, 0.1) is 0 Å². The summed E-state index contributed by atoms with van der Waals surface area (Å²) in [5.41, 5.74) is -1.48. The van der Waals surface area contributed by atoms with E-state index in [0.29, 0.717) is 18.6 Å². The van der Waals surface area contributed by atoms with Crippen LogP contribution in [0, 0.1) is 5.41 Å². The minimum Gasteiger partial charge on any atom is -0.480 e. The van der Waals surface area contributed by atoms with E-state index in [9.17, 15) is 24.6 Å². The van der Waals surface area contributed by atoms with Crippen LogP contribution in [0.2, 0.25) is 0 Å². The Morgan fingerprint density at radius 1 is 1.14 bits per heavy atom. The zero-order valence-corrected chi connectivity index (χ0v) is 17.2. The molecule has 0 radical (unpaired) electrons. The number of alkyl carbamates (subject to hydrolysis) is 1. The fourth-order valence-electron chi connectivity index (χ4n) is 3.90. The molecule has 8 heteroatoms. The lowest BCUT2D eigenvalue weighted by molar-refractivity contribution is -0.169. The first-order chi connectivity index (χ1) is 13.5. The zero-order valence-electron chi connectivity index (χ0n) is 17.2. The number of ether oxygens (including phenoxy) is 2. The summed E-state index contributed by atoms with van der Waals surface area (Å²) in [6.45, 7) is 7.22. The molecule has 8 nitrogen and oxygen atoms in total. The smallest absolute Gasteiger partial charge is 0.407 e. The van der Waals surface area contributed by atoms with E-state index >= 15 is 0 Å². The molecule has 1 aliphatic carbocycles. The number of fused-ring (bicyclic) bond motifs is 1. The molecule has 0 saturated heterocycles. The lowest BCUT2D eigenvalue weighted by atomic mass is 9.68. The number of carbonyl (C=O) groups excluding carboxylic acids is 1. The Morgan fingerprint density at radius 2 is 1.76 bits per heavy atom. The van der Waals surface area contributed by atoms with Crippen LogP contribution < -0.4 is 5.32 Å². The molecule has 0 bridgehead atoms. The lowest BCUT2D eigenvalue weighted by Gasteiger charge is -2.36. The van der Waals surface area contributed by atoms with E-state index < -0.39 is 41.0 Å². The molecule has 0 spiro atoms. The van der Waals surface area contributed by atoms with Crippen LogP contribution in [0.5, 0.6) is 0 Å². The highest BCUT2D eigenvalue weighted by Crippen LogP contribution is 2.48. The third-order valence-corrected chi connectivity index (χ3v) is 5.07. The molecule has 1 aromatic rings. The van der Waals surface area contributed by atoms with Gasteiger partial charge in [0.2, 0.25) is 0 Å². The normalized spacial score (nSPS) is 18.8. The van der Waals surface area contributed by atoms with Gasteiger partial charge in [-0.15, -0.1) is 0 Å². The van der Waals surface area contributed by atoms with Gasteiger partial charge in [-0.1, -0.05) is 24.3 Å². The largest absolute Gasteiger partial charge is 0.480 e. The predicted molar refractivity (Wildman–Crippen MR) is 105 cm³/mol. The summed E-state index contributed by atoms with van der Waals surface area (Å²) >= 11 is 0. The van der Waals surface area contributed by atoms with E-state index in [1.807, 2.05) is 6.07 Å². The average Bonchev–Trinajstić information content (AvgIpc) is 2.94. The SMILES string of the molecule is CCOCCC(C(=O)O)(C(=O)O)[C@@H]1c2ccccc2C[C@H]1NC(=O)OC(C)(C)C. The van der Waals surface area contributed by atoms with Crippen molar-refractivity contribution in [3.8, 4) is 0 Å². The number of nitrogens with one attached hydrogen (secondary N) is 1. The Morgan fingerprint density at radius 3 is 2.31 bits per heavy atom. The van der Waals surface area contributed by atoms with Crippen molar-refractivity contribution >= 4 is 18.0 Å². The summed E-state index contributed by atoms with van der Waals surface area (Å²) in [5.74, 6) is -3.88. The molecular weight excluding hydrogens is 378 g/mol. The van der Waals surface area contributed by atoms with E-state index in [1.165, 1.54) is 0 Å². The number of amides is 1. The van der Waals surface area contributed by atoms with Crippen molar-refractivity contribution in [2.75, 3.05) is 13.2 Å². The van der Waals surface area contributed by atoms with Gasteiger partial charge in [-0.05, 0) is 51.7 Å². The molecule has 0 aliphatic heterocycles. The third kappa shape index (κ3) is 4.87. The highest BCUT2D eigenvalue weighted by molar-refractivity contribution is 6.00. The van der Waals surface area contributed by atoms with Gasteiger partial charge in [-0.25, -0.2) is 4.79 Å². The standard InChI is InChI=1S/C21H29NO7/c1-5-28-11-10-21(17(23)24,18(25)26)16-14-9-7-6-8-13(14)12-15(16)22-19(27)29-20(2,3)4/h6-9,15-16H,5,10-12H2,1-4H3,(H,22,27)(H,23,24)(H,25,26)/t15-,16-/m1/s1. The van der Waals surface area contributed by atoms with Crippen LogP contribution in [-0.2, 0) is 25.5 Å². The van der Waals surface area contributed by atoms with Gasteiger partial charge in [0.1, 0.15) is 5.60 Å². The van der Waals surface area contributed by atoms with Crippen molar-refractivity contribution in [2.45, 2.75) is 58.1 Å². The molecule has 0 heterocycles.